The lowest BCUT2D eigenvalue weighted by Gasteiger charge is -2.27. The van der Waals surface area contributed by atoms with E-state index in [9.17, 15) is 14.9 Å². The second-order valence-electron chi connectivity index (χ2n) is 4.75. The predicted octanol–water partition coefficient (Wildman–Crippen LogP) is 3.11. The molecule has 1 amide bonds. The Bertz CT molecular complexity index is 657. The van der Waals surface area contributed by atoms with Crippen LogP contribution in [0.15, 0.2) is 35.8 Å². The summed E-state index contributed by atoms with van der Waals surface area (Å²) < 4.78 is 0. The Morgan fingerprint density at radius 2 is 2.19 bits per heavy atom. The normalized spacial score (nSPS) is 13.4. The first-order chi connectivity index (χ1) is 9.98. The first-order valence-corrected chi connectivity index (χ1v) is 7.32. The molecule has 0 saturated carbocycles. The van der Waals surface area contributed by atoms with Crippen molar-refractivity contribution in [3.8, 4) is 0 Å². The average Bonchev–Trinajstić information content (AvgIpc) is 3.02. The van der Waals surface area contributed by atoms with Crippen LogP contribution < -0.4 is 5.32 Å². The number of hydrogen-bond donors (Lipinski definition) is 1. The molecule has 7 heteroatoms. The van der Waals surface area contributed by atoms with Crippen LogP contribution in [-0.4, -0.2) is 15.8 Å². The lowest BCUT2D eigenvalue weighted by molar-refractivity contribution is -0.385. The number of carbonyl (C=O) groups is 1. The molecule has 1 heterocycles. The minimum atomic E-state index is -0.644. The van der Waals surface area contributed by atoms with Gasteiger partial charge in [0.05, 0.1) is 10.5 Å². The summed E-state index contributed by atoms with van der Waals surface area (Å²) in [7, 11) is 0. The Hall–Kier alpha value is -2.28. The minimum absolute atomic E-state index is 0.0544. The third kappa shape index (κ3) is 3.08. The zero-order valence-electron chi connectivity index (χ0n) is 11.7. The Labute approximate surface area is 126 Å². The molecule has 0 spiro atoms. The van der Waals surface area contributed by atoms with Crippen molar-refractivity contribution in [3.05, 3.63) is 56.5 Å². The number of nitrogens with one attached hydrogen (secondary N) is 1. The van der Waals surface area contributed by atoms with Gasteiger partial charge in [-0.05, 0) is 19.4 Å². The van der Waals surface area contributed by atoms with Crippen LogP contribution in [0, 0.1) is 10.1 Å². The van der Waals surface area contributed by atoms with Crippen LogP contribution in [0.5, 0.6) is 0 Å². The summed E-state index contributed by atoms with van der Waals surface area (Å²) in [5.41, 5.74) is -0.791. The van der Waals surface area contributed by atoms with Crippen molar-refractivity contribution < 1.29 is 9.72 Å². The number of aromatic nitrogens is 1. The molecule has 6 nitrogen and oxygen atoms in total. The molecule has 2 rings (SSSR count). The number of carbonyl (C=O) groups excluding carboxylic acids is 1. The van der Waals surface area contributed by atoms with Crippen molar-refractivity contribution in [1.29, 1.82) is 0 Å². The highest BCUT2D eigenvalue weighted by Crippen LogP contribution is 2.27. The molecule has 0 saturated heterocycles. The largest absolute Gasteiger partial charge is 0.340 e. The zero-order chi connectivity index (χ0) is 15.5. The van der Waals surface area contributed by atoms with Gasteiger partial charge in [0.1, 0.15) is 10.6 Å². The molecule has 0 aliphatic carbocycles. The fourth-order valence-corrected chi connectivity index (χ4v) is 2.76. The lowest BCUT2D eigenvalue weighted by atomic mass is 9.99. The average molecular weight is 305 g/mol. The number of para-hydroxylation sites is 1. The monoisotopic (exact) mass is 305 g/mol. The highest BCUT2D eigenvalue weighted by atomic mass is 32.1. The van der Waals surface area contributed by atoms with Gasteiger partial charge in [-0.1, -0.05) is 19.1 Å². The Balaban J connectivity index is 2.31. The van der Waals surface area contributed by atoms with Gasteiger partial charge < -0.3 is 5.32 Å². The van der Waals surface area contributed by atoms with Crippen LogP contribution in [0.2, 0.25) is 0 Å². The molecule has 1 atom stereocenters. The second kappa shape index (κ2) is 6.01. The van der Waals surface area contributed by atoms with Gasteiger partial charge in [-0.3, -0.25) is 14.9 Å². The van der Waals surface area contributed by atoms with Crippen LogP contribution in [0.4, 0.5) is 5.69 Å². The highest BCUT2D eigenvalue weighted by Gasteiger charge is 2.31. The highest BCUT2D eigenvalue weighted by molar-refractivity contribution is 7.09. The van der Waals surface area contributed by atoms with Gasteiger partial charge in [-0.2, -0.15) is 0 Å². The number of rotatable bonds is 5. The maximum absolute atomic E-state index is 12.4. The summed E-state index contributed by atoms with van der Waals surface area (Å²) in [6.45, 7) is 3.79. The third-order valence-corrected chi connectivity index (χ3v) is 4.38. The summed E-state index contributed by atoms with van der Waals surface area (Å²) in [5.74, 6) is -0.471. The number of nitro benzene ring substituents is 1. The van der Waals surface area contributed by atoms with Crippen molar-refractivity contribution in [2.75, 3.05) is 0 Å². The topological polar surface area (TPSA) is 85.1 Å². The predicted molar refractivity (Wildman–Crippen MR) is 80.3 cm³/mol. The van der Waals surface area contributed by atoms with E-state index in [-0.39, 0.29) is 11.3 Å². The summed E-state index contributed by atoms with van der Waals surface area (Å²) in [6, 6.07) is 5.91. The van der Waals surface area contributed by atoms with E-state index in [1.807, 2.05) is 19.2 Å². The first kappa shape index (κ1) is 15.1. The van der Waals surface area contributed by atoms with Crippen molar-refractivity contribution in [1.82, 2.24) is 10.3 Å². The summed E-state index contributed by atoms with van der Waals surface area (Å²) in [5, 5.41) is 16.5. The molecular formula is C14H15N3O3S. The number of hydrogen-bond acceptors (Lipinski definition) is 5. The molecule has 2 aromatic rings. The molecule has 0 radical (unpaired) electrons. The smallest absolute Gasteiger partial charge is 0.282 e. The van der Waals surface area contributed by atoms with E-state index >= 15 is 0 Å². The first-order valence-electron chi connectivity index (χ1n) is 6.44. The van der Waals surface area contributed by atoms with Crippen LogP contribution in [0.3, 0.4) is 0 Å². The number of thiazole rings is 1. The van der Waals surface area contributed by atoms with Crippen molar-refractivity contribution in [2.45, 2.75) is 25.8 Å². The molecular weight excluding hydrogens is 290 g/mol. The lowest BCUT2D eigenvalue weighted by Crippen LogP contribution is -2.43. The quantitative estimate of drug-likeness (QED) is 0.679. The molecule has 0 bridgehead atoms. The van der Waals surface area contributed by atoms with Gasteiger partial charge >= 0.3 is 0 Å². The van der Waals surface area contributed by atoms with Crippen molar-refractivity contribution in [2.24, 2.45) is 0 Å². The van der Waals surface area contributed by atoms with E-state index in [0.717, 1.165) is 5.01 Å². The number of nitrogens with zero attached hydrogens (tertiary/aromatic N) is 2. The molecule has 1 N–H and O–H groups in total. The van der Waals surface area contributed by atoms with Gasteiger partial charge in [0.15, 0.2) is 0 Å². The maximum Gasteiger partial charge on any atom is 0.282 e. The van der Waals surface area contributed by atoms with Crippen LogP contribution in [0.25, 0.3) is 0 Å². The van der Waals surface area contributed by atoms with Gasteiger partial charge in [0.25, 0.3) is 11.6 Å². The fraction of sp³-hybridized carbons (Fsp3) is 0.286. The van der Waals surface area contributed by atoms with E-state index < -0.39 is 16.4 Å². The molecule has 110 valence electrons. The number of nitro groups is 1. The molecule has 21 heavy (non-hydrogen) atoms. The van der Waals surface area contributed by atoms with Crippen LogP contribution in [0.1, 0.15) is 35.6 Å². The Morgan fingerprint density at radius 3 is 2.76 bits per heavy atom. The molecule has 0 aliphatic rings. The van der Waals surface area contributed by atoms with E-state index in [1.54, 1.807) is 12.3 Å². The van der Waals surface area contributed by atoms with Crippen LogP contribution in [-0.2, 0) is 5.54 Å². The SMILES string of the molecule is CC[C@@](C)(NC(=O)c1ccccc1[N+](=O)[O-])c1nccs1. The van der Waals surface area contributed by atoms with Crippen molar-refractivity contribution in [3.63, 3.8) is 0 Å². The molecule has 0 unspecified atom stereocenters. The standard InChI is InChI=1S/C14H15N3O3S/c1-3-14(2,13-15-8-9-21-13)16-12(18)10-6-4-5-7-11(10)17(19)20/h4-9H,3H2,1-2H3,(H,16,18)/t14-/m1/s1. The molecule has 1 aromatic carbocycles. The van der Waals surface area contributed by atoms with E-state index in [4.69, 9.17) is 0 Å². The summed E-state index contributed by atoms with van der Waals surface area (Å²) in [4.78, 5) is 27.1. The van der Waals surface area contributed by atoms with Gasteiger partial charge in [-0.25, -0.2) is 4.98 Å². The minimum Gasteiger partial charge on any atom is -0.340 e. The van der Waals surface area contributed by atoms with Gasteiger partial charge in [0, 0.05) is 17.6 Å². The van der Waals surface area contributed by atoms with E-state index in [1.165, 1.54) is 29.5 Å². The number of benzene rings is 1. The Morgan fingerprint density at radius 1 is 1.48 bits per heavy atom. The Kier molecular flexibility index (Phi) is 4.32. The van der Waals surface area contributed by atoms with E-state index in [0.29, 0.717) is 6.42 Å². The number of amides is 1. The summed E-state index contributed by atoms with van der Waals surface area (Å²) in [6.07, 6.45) is 2.30. The molecule has 0 fully saturated rings. The maximum atomic E-state index is 12.4. The molecule has 0 aliphatic heterocycles. The van der Waals surface area contributed by atoms with Gasteiger partial charge in [0.2, 0.25) is 0 Å². The van der Waals surface area contributed by atoms with Crippen LogP contribution >= 0.6 is 11.3 Å². The second-order valence-corrected chi connectivity index (χ2v) is 5.65. The van der Waals surface area contributed by atoms with E-state index in [2.05, 4.69) is 10.3 Å². The fourth-order valence-electron chi connectivity index (χ4n) is 1.93. The van der Waals surface area contributed by atoms with Gasteiger partial charge in [-0.15, -0.1) is 11.3 Å². The molecule has 1 aromatic heterocycles. The zero-order valence-corrected chi connectivity index (χ0v) is 12.5. The summed E-state index contributed by atoms with van der Waals surface area (Å²) >= 11 is 1.44. The van der Waals surface area contributed by atoms with Crippen molar-refractivity contribution >= 4 is 22.9 Å². The third-order valence-electron chi connectivity index (χ3n) is 3.35.